The lowest BCUT2D eigenvalue weighted by molar-refractivity contribution is -0.123. The number of nitrogens with zero attached hydrogens (tertiary/aromatic N) is 2. The molecule has 2 atom stereocenters. The maximum atomic E-state index is 12.6. The molecule has 2 heterocycles. The lowest BCUT2D eigenvalue weighted by atomic mass is 10.1. The molecule has 1 saturated heterocycles. The molecule has 4 nitrogen and oxygen atoms in total. The van der Waals surface area contributed by atoms with Gasteiger partial charge in [0.1, 0.15) is 5.82 Å². The van der Waals surface area contributed by atoms with E-state index in [-0.39, 0.29) is 17.2 Å². The Morgan fingerprint density at radius 2 is 2.08 bits per heavy atom. The van der Waals surface area contributed by atoms with E-state index in [0.29, 0.717) is 12.5 Å². The van der Waals surface area contributed by atoms with Crippen LogP contribution in [0, 0.1) is 17.3 Å². The SMILES string of the molecule is CC(C)=C[C@@H]1[C@H](C(=O)NCc2ccnc(N3CCCC3)c2)C1(C)C. The van der Waals surface area contributed by atoms with Gasteiger partial charge < -0.3 is 10.2 Å². The first-order chi connectivity index (χ1) is 11.4. The molecule has 130 valence electrons. The smallest absolute Gasteiger partial charge is 0.224 e. The molecule has 3 rings (SSSR count). The molecule has 0 radical (unpaired) electrons. The van der Waals surface area contributed by atoms with Gasteiger partial charge in [-0.15, -0.1) is 0 Å². The van der Waals surface area contributed by atoms with Crippen LogP contribution in [0.25, 0.3) is 0 Å². The third-order valence-electron chi connectivity index (χ3n) is 5.41. The normalized spacial score (nSPS) is 24.6. The molecule has 1 aromatic heterocycles. The van der Waals surface area contributed by atoms with Gasteiger partial charge in [0, 0.05) is 25.8 Å². The van der Waals surface area contributed by atoms with E-state index in [1.54, 1.807) is 0 Å². The van der Waals surface area contributed by atoms with E-state index in [9.17, 15) is 4.79 Å². The third kappa shape index (κ3) is 3.47. The standard InChI is InChI=1S/C20H29N3O/c1-14(2)11-16-18(20(16,3)4)19(24)22-13-15-7-8-21-17(12-15)23-9-5-6-10-23/h7-8,11-12,16,18H,5-6,9-10,13H2,1-4H3,(H,22,24)/t16-,18-/m1/s1. The van der Waals surface area contributed by atoms with E-state index in [2.05, 4.69) is 55.0 Å². The molecule has 24 heavy (non-hydrogen) atoms. The maximum Gasteiger partial charge on any atom is 0.224 e. The Labute approximate surface area is 145 Å². The molecular weight excluding hydrogens is 298 g/mol. The summed E-state index contributed by atoms with van der Waals surface area (Å²) in [5.41, 5.74) is 2.48. The number of amides is 1. The largest absolute Gasteiger partial charge is 0.357 e. The first-order valence-corrected chi connectivity index (χ1v) is 9.02. The fourth-order valence-corrected chi connectivity index (χ4v) is 3.84. The van der Waals surface area contributed by atoms with Gasteiger partial charge in [-0.25, -0.2) is 4.98 Å². The lowest BCUT2D eigenvalue weighted by Crippen LogP contribution is -2.26. The van der Waals surface area contributed by atoms with Crippen molar-refractivity contribution in [2.24, 2.45) is 17.3 Å². The second-order valence-electron chi connectivity index (χ2n) is 8.00. The maximum absolute atomic E-state index is 12.6. The van der Waals surface area contributed by atoms with Gasteiger partial charge in [-0.1, -0.05) is 25.5 Å². The van der Waals surface area contributed by atoms with Crippen molar-refractivity contribution < 1.29 is 4.79 Å². The van der Waals surface area contributed by atoms with E-state index in [0.717, 1.165) is 24.5 Å². The number of pyridine rings is 1. The quantitative estimate of drug-likeness (QED) is 0.842. The second-order valence-corrected chi connectivity index (χ2v) is 8.00. The van der Waals surface area contributed by atoms with Crippen LogP contribution in [0.4, 0.5) is 5.82 Å². The average molecular weight is 327 g/mol. The van der Waals surface area contributed by atoms with Gasteiger partial charge in [0.25, 0.3) is 0 Å². The zero-order chi connectivity index (χ0) is 17.3. The Balaban J connectivity index is 1.59. The Morgan fingerprint density at radius 1 is 1.38 bits per heavy atom. The number of nitrogens with one attached hydrogen (secondary N) is 1. The van der Waals surface area contributed by atoms with Crippen LogP contribution in [0.1, 0.15) is 46.1 Å². The van der Waals surface area contributed by atoms with Crippen LogP contribution in [0.3, 0.4) is 0 Å². The summed E-state index contributed by atoms with van der Waals surface area (Å²) in [6.07, 6.45) is 6.57. The molecular formula is C20H29N3O. The minimum atomic E-state index is 0.0698. The van der Waals surface area contributed by atoms with Gasteiger partial charge >= 0.3 is 0 Å². The summed E-state index contributed by atoms with van der Waals surface area (Å²) in [4.78, 5) is 19.3. The molecule has 1 N–H and O–H groups in total. The van der Waals surface area contributed by atoms with E-state index in [1.165, 1.54) is 18.4 Å². The molecule has 0 aromatic carbocycles. The summed E-state index contributed by atoms with van der Waals surface area (Å²) in [5, 5.41) is 3.12. The van der Waals surface area contributed by atoms with Gasteiger partial charge in [-0.2, -0.15) is 0 Å². The highest BCUT2D eigenvalue weighted by Gasteiger charge is 2.60. The van der Waals surface area contributed by atoms with Crippen molar-refractivity contribution in [2.75, 3.05) is 18.0 Å². The van der Waals surface area contributed by atoms with Gasteiger partial charge in [-0.3, -0.25) is 4.79 Å². The number of anilines is 1. The molecule has 0 unspecified atom stereocenters. The Hall–Kier alpha value is -1.84. The number of hydrogen-bond acceptors (Lipinski definition) is 3. The zero-order valence-corrected chi connectivity index (χ0v) is 15.3. The van der Waals surface area contributed by atoms with Gasteiger partial charge in [-0.05, 0) is 55.7 Å². The first-order valence-electron chi connectivity index (χ1n) is 9.02. The van der Waals surface area contributed by atoms with E-state index >= 15 is 0 Å². The number of hydrogen-bond donors (Lipinski definition) is 1. The summed E-state index contributed by atoms with van der Waals surface area (Å²) >= 11 is 0. The molecule has 1 amide bonds. The van der Waals surface area contributed by atoms with Gasteiger partial charge in [0.15, 0.2) is 0 Å². The van der Waals surface area contributed by atoms with Crippen LogP contribution in [0.5, 0.6) is 0 Å². The number of allylic oxidation sites excluding steroid dienone is 2. The second kappa shape index (κ2) is 6.58. The predicted octanol–water partition coefficient (Wildman–Crippen LogP) is 3.54. The van der Waals surface area contributed by atoms with Gasteiger partial charge in [0.2, 0.25) is 5.91 Å². The summed E-state index contributed by atoms with van der Waals surface area (Å²) < 4.78 is 0. The minimum Gasteiger partial charge on any atom is -0.357 e. The van der Waals surface area contributed by atoms with Crippen LogP contribution in [-0.2, 0) is 11.3 Å². The third-order valence-corrected chi connectivity index (χ3v) is 5.41. The molecule has 2 aliphatic rings. The van der Waals surface area contributed by atoms with Crippen molar-refractivity contribution in [3.63, 3.8) is 0 Å². The average Bonchev–Trinajstić information content (AvgIpc) is 2.94. The van der Waals surface area contributed by atoms with Crippen molar-refractivity contribution in [3.05, 3.63) is 35.5 Å². The van der Waals surface area contributed by atoms with Crippen molar-refractivity contribution in [3.8, 4) is 0 Å². The summed E-state index contributed by atoms with van der Waals surface area (Å²) in [7, 11) is 0. The topological polar surface area (TPSA) is 45.2 Å². The highest BCUT2D eigenvalue weighted by molar-refractivity contribution is 5.83. The Morgan fingerprint density at radius 3 is 2.75 bits per heavy atom. The molecule has 1 saturated carbocycles. The molecule has 0 spiro atoms. The van der Waals surface area contributed by atoms with Crippen LogP contribution in [0.15, 0.2) is 30.0 Å². The van der Waals surface area contributed by atoms with E-state index in [1.807, 2.05) is 12.3 Å². The summed E-state index contributed by atoms with van der Waals surface area (Å²) in [5.74, 6) is 1.66. The van der Waals surface area contributed by atoms with Crippen molar-refractivity contribution in [2.45, 2.75) is 47.1 Å². The Kier molecular flexibility index (Phi) is 4.66. The van der Waals surface area contributed by atoms with Crippen LogP contribution in [0.2, 0.25) is 0 Å². The molecule has 1 aromatic rings. The van der Waals surface area contributed by atoms with Crippen molar-refractivity contribution in [1.82, 2.24) is 10.3 Å². The predicted molar refractivity (Wildman–Crippen MR) is 97.7 cm³/mol. The molecule has 0 bridgehead atoms. The zero-order valence-electron chi connectivity index (χ0n) is 15.3. The van der Waals surface area contributed by atoms with Crippen LogP contribution in [-0.4, -0.2) is 24.0 Å². The highest BCUT2D eigenvalue weighted by Crippen LogP contribution is 2.59. The monoisotopic (exact) mass is 327 g/mol. The number of rotatable bonds is 5. The number of carbonyl (C=O) groups excluding carboxylic acids is 1. The van der Waals surface area contributed by atoms with Crippen LogP contribution >= 0.6 is 0 Å². The fraction of sp³-hybridized carbons (Fsp3) is 0.600. The highest BCUT2D eigenvalue weighted by atomic mass is 16.2. The molecule has 1 aliphatic heterocycles. The molecule has 2 fully saturated rings. The van der Waals surface area contributed by atoms with Crippen LogP contribution < -0.4 is 10.2 Å². The fourth-order valence-electron chi connectivity index (χ4n) is 3.84. The molecule has 1 aliphatic carbocycles. The van der Waals surface area contributed by atoms with E-state index < -0.39 is 0 Å². The van der Waals surface area contributed by atoms with Gasteiger partial charge in [0.05, 0.1) is 5.92 Å². The first kappa shape index (κ1) is 17.0. The summed E-state index contributed by atoms with van der Waals surface area (Å²) in [6.45, 7) is 11.3. The summed E-state index contributed by atoms with van der Waals surface area (Å²) in [6, 6.07) is 4.10. The lowest BCUT2D eigenvalue weighted by Gasteiger charge is -2.17. The van der Waals surface area contributed by atoms with E-state index in [4.69, 9.17) is 0 Å². The number of carbonyl (C=O) groups is 1. The molecule has 4 heteroatoms. The minimum absolute atomic E-state index is 0.0698. The number of aromatic nitrogens is 1. The van der Waals surface area contributed by atoms with Crippen molar-refractivity contribution in [1.29, 1.82) is 0 Å². The van der Waals surface area contributed by atoms with Crippen molar-refractivity contribution >= 4 is 11.7 Å². The Bertz CT molecular complexity index is 640.